The summed E-state index contributed by atoms with van der Waals surface area (Å²) in [4.78, 5) is 29.2. The number of benzene rings is 3. The lowest BCUT2D eigenvalue weighted by molar-refractivity contribution is -0.126. The van der Waals surface area contributed by atoms with Gasteiger partial charge in [0.25, 0.3) is 5.91 Å². The fraction of sp³-hybridized carbons (Fsp3) is 0.231. The lowest BCUT2D eigenvalue weighted by Gasteiger charge is -2.25. The molecule has 1 saturated heterocycles. The van der Waals surface area contributed by atoms with Gasteiger partial charge in [-0.2, -0.15) is 0 Å². The van der Waals surface area contributed by atoms with E-state index in [0.29, 0.717) is 12.1 Å². The molecular weight excluding hydrogens is 372 g/mol. The standard InChI is InChI=1S/C26H26N2O2/c1-3-25(29)28-16-8-13-24(28)21-11-7-12-22(17-21)26(30)27(4-2)23-15-14-19-9-5-6-10-20(19)18-23/h3,5-7,9-12,14-15,17-18,24H,1,4,8,13,16H2,2H3. The number of likely N-dealkylation sites (tertiary alicyclic amines) is 1. The maximum absolute atomic E-state index is 13.4. The first-order chi connectivity index (χ1) is 14.6. The second kappa shape index (κ2) is 8.54. The zero-order valence-corrected chi connectivity index (χ0v) is 17.3. The maximum atomic E-state index is 13.4. The molecule has 1 aliphatic rings. The minimum absolute atomic E-state index is 0.000930. The van der Waals surface area contributed by atoms with E-state index in [9.17, 15) is 9.59 Å². The van der Waals surface area contributed by atoms with Crippen LogP contribution in [-0.4, -0.2) is 29.8 Å². The van der Waals surface area contributed by atoms with Crippen molar-refractivity contribution in [2.45, 2.75) is 25.8 Å². The van der Waals surface area contributed by atoms with Gasteiger partial charge in [-0.3, -0.25) is 9.59 Å². The largest absolute Gasteiger partial charge is 0.332 e. The van der Waals surface area contributed by atoms with E-state index in [0.717, 1.165) is 41.4 Å². The van der Waals surface area contributed by atoms with Crippen LogP contribution in [0.25, 0.3) is 10.8 Å². The van der Waals surface area contributed by atoms with Crippen LogP contribution in [0.2, 0.25) is 0 Å². The molecule has 1 unspecified atom stereocenters. The number of amides is 2. The van der Waals surface area contributed by atoms with Gasteiger partial charge in [0.2, 0.25) is 5.91 Å². The van der Waals surface area contributed by atoms with Crippen LogP contribution in [0.4, 0.5) is 5.69 Å². The molecule has 0 spiro atoms. The second-order valence-electron chi connectivity index (χ2n) is 7.60. The van der Waals surface area contributed by atoms with E-state index >= 15 is 0 Å². The molecule has 4 heteroatoms. The Morgan fingerprint density at radius 1 is 1.07 bits per heavy atom. The molecule has 4 nitrogen and oxygen atoms in total. The number of carbonyl (C=O) groups is 2. The van der Waals surface area contributed by atoms with Gasteiger partial charge in [-0.15, -0.1) is 0 Å². The number of hydrogen-bond acceptors (Lipinski definition) is 2. The van der Waals surface area contributed by atoms with Gasteiger partial charge in [-0.05, 0) is 66.4 Å². The summed E-state index contributed by atoms with van der Waals surface area (Å²) in [5.41, 5.74) is 2.53. The number of anilines is 1. The number of hydrogen-bond donors (Lipinski definition) is 0. The number of rotatable bonds is 5. The first-order valence-corrected chi connectivity index (χ1v) is 10.5. The summed E-state index contributed by atoms with van der Waals surface area (Å²) in [5, 5.41) is 2.26. The Balaban J connectivity index is 1.64. The van der Waals surface area contributed by atoms with Crippen molar-refractivity contribution >= 4 is 28.3 Å². The van der Waals surface area contributed by atoms with E-state index < -0.39 is 0 Å². The zero-order chi connectivity index (χ0) is 21.1. The molecule has 1 fully saturated rings. The number of carbonyl (C=O) groups excluding carboxylic acids is 2. The Hall–Kier alpha value is -3.40. The van der Waals surface area contributed by atoms with Gasteiger partial charge >= 0.3 is 0 Å². The second-order valence-corrected chi connectivity index (χ2v) is 7.60. The highest BCUT2D eigenvalue weighted by molar-refractivity contribution is 6.07. The smallest absolute Gasteiger partial charge is 0.258 e. The molecule has 1 heterocycles. The van der Waals surface area contributed by atoms with E-state index in [-0.39, 0.29) is 17.9 Å². The summed E-state index contributed by atoms with van der Waals surface area (Å²) in [6, 6.07) is 21.9. The van der Waals surface area contributed by atoms with Crippen LogP contribution in [0.1, 0.15) is 41.7 Å². The molecule has 2 amide bonds. The third-order valence-electron chi connectivity index (χ3n) is 5.83. The van der Waals surface area contributed by atoms with Gasteiger partial charge in [0.15, 0.2) is 0 Å². The van der Waals surface area contributed by atoms with Gasteiger partial charge in [-0.25, -0.2) is 0 Å². The topological polar surface area (TPSA) is 40.6 Å². The quantitative estimate of drug-likeness (QED) is 0.543. The molecule has 30 heavy (non-hydrogen) atoms. The molecule has 152 valence electrons. The van der Waals surface area contributed by atoms with Crippen molar-refractivity contribution in [2.75, 3.05) is 18.0 Å². The highest BCUT2D eigenvalue weighted by Gasteiger charge is 2.29. The summed E-state index contributed by atoms with van der Waals surface area (Å²) in [6.07, 6.45) is 3.23. The average molecular weight is 399 g/mol. The van der Waals surface area contributed by atoms with E-state index in [1.807, 2.05) is 60.4 Å². The molecule has 0 aliphatic carbocycles. The lowest BCUT2D eigenvalue weighted by Crippen LogP contribution is -2.31. The van der Waals surface area contributed by atoms with Crippen LogP contribution in [0.3, 0.4) is 0 Å². The number of nitrogens with zero attached hydrogens (tertiary/aromatic N) is 2. The first kappa shape index (κ1) is 19.9. The molecule has 0 radical (unpaired) electrons. The van der Waals surface area contributed by atoms with Crippen LogP contribution < -0.4 is 4.90 Å². The average Bonchev–Trinajstić information content (AvgIpc) is 3.29. The van der Waals surface area contributed by atoms with Gasteiger partial charge in [0.1, 0.15) is 0 Å². The van der Waals surface area contributed by atoms with Gasteiger partial charge < -0.3 is 9.80 Å². The third-order valence-corrected chi connectivity index (χ3v) is 5.83. The molecule has 0 aromatic heterocycles. The Morgan fingerprint density at radius 3 is 2.63 bits per heavy atom. The van der Waals surface area contributed by atoms with E-state index in [4.69, 9.17) is 0 Å². The van der Waals surface area contributed by atoms with Crippen molar-refractivity contribution in [3.05, 3.63) is 90.5 Å². The van der Waals surface area contributed by atoms with Crippen LogP contribution in [-0.2, 0) is 4.79 Å². The summed E-state index contributed by atoms with van der Waals surface area (Å²) >= 11 is 0. The molecule has 3 aromatic carbocycles. The third kappa shape index (κ3) is 3.73. The van der Waals surface area contributed by atoms with Crippen LogP contribution in [0.15, 0.2) is 79.4 Å². The Bertz CT molecular complexity index is 1100. The minimum atomic E-state index is -0.0550. The zero-order valence-electron chi connectivity index (χ0n) is 17.3. The minimum Gasteiger partial charge on any atom is -0.332 e. The fourth-order valence-corrected chi connectivity index (χ4v) is 4.32. The van der Waals surface area contributed by atoms with Crippen molar-refractivity contribution < 1.29 is 9.59 Å². The first-order valence-electron chi connectivity index (χ1n) is 10.5. The van der Waals surface area contributed by atoms with Crippen LogP contribution in [0, 0.1) is 0 Å². The summed E-state index contributed by atoms with van der Waals surface area (Å²) in [7, 11) is 0. The van der Waals surface area contributed by atoms with Gasteiger partial charge in [0, 0.05) is 24.3 Å². The monoisotopic (exact) mass is 398 g/mol. The Morgan fingerprint density at radius 2 is 1.87 bits per heavy atom. The summed E-state index contributed by atoms with van der Waals surface area (Å²) in [6.45, 7) is 6.90. The van der Waals surface area contributed by atoms with Crippen molar-refractivity contribution in [3.8, 4) is 0 Å². The van der Waals surface area contributed by atoms with Crippen LogP contribution in [0.5, 0.6) is 0 Å². The van der Waals surface area contributed by atoms with E-state index in [1.165, 1.54) is 6.08 Å². The molecule has 0 bridgehead atoms. The Kier molecular flexibility index (Phi) is 5.66. The highest BCUT2D eigenvalue weighted by atomic mass is 16.2. The molecular formula is C26H26N2O2. The lowest BCUT2D eigenvalue weighted by atomic mass is 10.0. The highest BCUT2D eigenvalue weighted by Crippen LogP contribution is 2.33. The maximum Gasteiger partial charge on any atom is 0.258 e. The van der Waals surface area contributed by atoms with Crippen molar-refractivity contribution in [3.63, 3.8) is 0 Å². The van der Waals surface area contributed by atoms with E-state index in [2.05, 4.69) is 24.8 Å². The predicted molar refractivity (Wildman–Crippen MR) is 122 cm³/mol. The summed E-state index contributed by atoms with van der Waals surface area (Å²) in [5.74, 6) is -0.0881. The predicted octanol–water partition coefficient (Wildman–Crippen LogP) is 5.36. The van der Waals surface area contributed by atoms with Crippen molar-refractivity contribution in [1.29, 1.82) is 0 Å². The van der Waals surface area contributed by atoms with Crippen molar-refractivity contribution in [1.82, 2.24) is 4.90 Å². The molecule has 4 rings (SSSR count). The molecule has 1 aliphatic heterocycles. The molecule has 0 N–H and O–H groups in total. The van der Waals surface area contributed by atoms with Gasteiger partial charge in [-0.1, -0.05) is 49.0 Å². The molecule has 1 atom stereocenters. The van der Waals surface area contributed by atoms with Gasteiger partial charge in [0.05, 0.1) is 6.04 Å². The molecule has 0 saturated carbocycles. The van der Waals surface area contributed by atoms with Crippen molar-refractivity contribution in [2.24, 2.45) is 0 Å². The fourth-order valence-electron chi connectivity index (χ4n) is 4.32. The SMILES string of the molecule is C=CC(=O)N1CCCC1c1cccc(C(=O)N(CC)c2ccc3ccccc3c2)c1. The summed E-state index contributed by atoms with van der Waals surface area (Å²) < 4.78 is 0. The number of fused-ring (bicyclic) bond motifs is 1. The molecule has 3 aromatic rings. The van der Waals surface area contributed by atoms with Crippen LogP contribution >= 0.6 is 0 Å². The Labute approximate surface area is 177 Å². The van der Waals surface area contributed by atoms with E-state index in [1.54, 1.807) is 4.90 Å². The normalized spacial score (nSPS) is 15.9.